The maximum Gasteiger partial charge on any atom is 0.0541 e. The highest BCUT2D eigenvalue weighted by Gasteiger charge is 2.39. The molecule has 9 rings (SSSR count). The molecule has 218 valence electrons. The van der Waals surface area contributed by atoms with Crippen molar-refractivity contribution < 1.29 is 0 Å². The Labute approximate surface area is 268 Å². The van der Waals surface area contributed by atoms with Crippen LogP contribution in [-0.4, -0.2) is 16.8 Å². The van der Waals surface area contributed by atoms with Crippen molar-refractivity contribution in [2.75, 3.05) is 6.54 Å². The molecule has 1 aliphatic heterocycles. The Morgan fingerprint density at radius 2 is 1.62 bits per heavy atom. The van der Waals surface area contributed by atoms with Gasteiger partial charge in [0.2, 0.25) is 0 Å². The van der Waals surface area contributed by atoms with Gasteiger partial charge in [-0.25, -0.2) is 0 Å². The normalized spacial score (nSPS) is 20.6. The number of dihydropyridines is 1. The van der Waals surface area contributed by atoms with Crippen LogP contribution in [0.15, 0.2) is 139 Å². The van der Waals surface area contributed by atoms with E-state index in [4.69, 9.17) is 4.99 Å². The van der Waals surface area contributed by atoms with Crippen molar-refractivity contribution in [1.29, 1.82) is 0 Å². The van der Waals surface area contributed by atoms with Crippen molar-refractivity contribution in [3.8, 4) is 16.1 Å². The van der Waals surface area contributed by atoms with Crippen molar-refractivity contribution in [2.24, 2.45) is 10.4 Å². The molecular weight excluding hydrogens is 565 g/mol. The number of benzene rings is 4. The lowest BCUT2D eigenvalue weighted by atomic mass is 9.66. The highest BCUT2D eigenvalue weighted by Crippen LogP contribution is 2.51. The fourth-order valence-corrected chi connectivity index (χ4v) is 9.26. The number of aryl methyl sites for hydroxylation is 1. The van der Waals surface area contributed by atoms with Gasteiger partial charge in [0.05, 0.1) is 5.52 Å². The van der Waals surface area contributed by atoms with E-state index in [2.05, 4.69) is 145 Å². The van der Waals surface area contributed by atoms with E-state index >= 15 is 0 Å². The molecule has 0 saturated heterocycles. The molecule has 3 heterocycles. The summed E-state index contributed by atoms with van der Waals surface area (Å²) in [5.74, 6) is 0.159. The number of rotatable bonds is 4. The SMILES string of the molecule is CC1(C2=NCCC=C2)C=C(c2ccccc2)C=CC1c1ccc2c3c(n(-c4ccccc4)c2c1)CCc1c-3sc2ccccc12. The van der Waals surface area contributed by atoms with E-state index < -0.39 is 0 Å². The highest BCUT2D eigenvalue weighted by atomic mass is 32.1. The summed E-state index contributed by atoms with van der Waals surface area (Å²) >= 11 is 1.96. The Balaban J connectivity index is 1.26. The zero-order valence-corrected chi connectivity index (χ0v) is 26.2. The van der Waals surface area contributed by atoms with E-state index in [-0.39, 0.29) is 11.3 Å². The molecule has 2 aliphatic carbocycles. The van der Waals surface area contributed by atoms with Crippen molar-refractivity contribution in [2.45, 2.75) is 32.1 Å². The quantitative estimate of drug-likeness (QED) is 0.192. The number of aromatic nitrogens is 1. The molecule has 0 saturated carbocycles. The van der Waals surface area contributed by atoms with Crippen LogP contribution in [0.5, 0.6) is 0 Å². The molecule has 3 aliphatic rings. The van der Waals surface area contributed by atoms with Crippen LogP contribution in [-0.2, 0) is 12.8 Å². The number of hydrogen-bond donors (Lipinski definition) is 0. The first-order valence-corrected chi connectivity index (χ1v) is 16.9. The van der Waals surface area contributed by atoms with Gasteiger partial charge in [-0.05, 0) is 84.2 Å². The number of allylic oxidation sites excluding steroid dienone is 5. The maximum absolute atomic E-state index is 5.10. The van der Waals surface area contributed by atoms with Crippen LogP contribution in [0.25, 0.3) is 42.7 Å². The lowest BCUT2D eigenvalue weighted by molar-refractivity contribution is 0.524. The Kier molecular flexibility index (Phi) is 6.18. The zero-order valence-electron chi connectivity index (χ0n) is 25.4. The zero-order chi connectivity index (χ0) is 30.0. The number of nitrogens with zero attached hydrogens (tertiary/aromatic N) is 2. The van der Waals surface area contributed by atoms with E-state index in [0.717, 1.165) is 25.8 Å². The van der Waals surface area contributed by atoms with Gasteiger partial charge in [-0.15, -0.1) is 11.3 Å². The summed E-state index contributed by atoms with van der Waals surface area (Å²) in [7, 11) is 0. The van der Waals surface area contributed by atoms with Crippen molar-refractivity contribution in [1.82, 2.24) is 4.57 Å². The Hall–Kier alpha value is -4.73. The van der Waals surface area contributed by atoms with Crippen molar-refractivity contribution >= 4 is 43.6 Å². The van der Waals surface area contributed by atoms with Crippen LogP contribution in [0, 0.1) is 5.41 Å². The monoisotopic (exact) mass is 598 g/mol. The number of hydrogen-bond acceptors (Lipinski definition) is 2. The van der Waals surface area contributed by atoms with Gasteiger partial charge in [0.15, 0.2) is 0 Å². The summed E-state index contributed by atoms with van der Waals surface area (Å²) in [5.41, 5.74) is 11.6. The van der Waals surface area contributed by atoms with E-state index in [1.54, 1.807) is 0 Å². The molecular formula is C42H34N2S. The van der Waals surface area contributed by atoms with Crippen LogP contribution >= 0.6 is 11.3 Å². The van der Waals surface area contributed by atoms with E-state index in [0.29, 0.717) is 0 Å². The summed E-state index contributed by atoms with van der Waals surface area (Å²) in [6, 6.07) is 37.9. The molecule has 3 heteroatoms. The van der Waals surface area contributed by atoms with Crippen molar-refractivity contribution in [3.63, 3.8) is 0 Å². The van der Waals surface area contributed by atoms with Gasteiger partial charge >= 0.3 is 0 Å². The first kappa shape index (κ1) is 26.7. The minimum atomic E-state index is -0.271. The lowest BCUT2D eigenvalue weighted by Crippen LogP contribution is -2.33. The summed E-state index contributed by atoms with van der Waals surface area (Å²) in [6.45, 7) is 3.24. The second-order valence-corrected chi connectivity index (χ2v) is 13.8. The van der Waals surface area contributed by atoms with Crippen molar-refractivity contribution in [3.05, 3.63) is 156 Å². The Morgan fingerprint density at radius 3 is 2.44 bits per heavy atom. The molecule has 2 nitrogen and oxygen atoms in total. The third-order valence-corrected chi connectivity index (χ3v) is 11.3. The molecule has 45 heavy (non-hydrogen) atoms. The summed E-state index contributed by atoms with van der Waals surface area (Å²) < 4.78 is 3.94. The Bertz CT molecular complexity index is 2220. The fraction of sp³-hybridized carbons (Fsp3) is 0.167. The first-order valence-electron chi connectivity index (χ1n) is 16.1. The molecule has 0 N–H and O–H groups in total. The van der Waals surface area contributed by atoms with Crippen LogP contribution in [0.3, 0.4) is 0 Å². The smallest absolute Gasteiger partial charge is 0.0541 e. The molecule has 0 amide bonds. The van der Waals surface area contributed by atoms with Crippen LogP contribution in [0.2, 0.25) is 0 Å². The van der Waals surface area contributed by atoms with Crippen LogP contribution in [0.1, 0.15) is 41.6 Å². The van der Waals surface area contributed by atoms with Gasteiger partial charge in [0.25, 0.3) is 0 Å². The summed E-state index contributed by atoms with van der Waals surface area (Å²) in [5, 5.41) is 2.77. The highest BCUT2D eigenvalue weighted by molar-refractivity contribution is 7.22. The molecule has 6 aromatic rings. The average molecular weight is 599 g/mol. The predicted molar refractivity (Wildman–Crippen MR) is 192 cm³/mol. The minimum absolute atomic E-state index is 0.159. The molecule has 2 aromatic heterocycles. The molecule has 2 unspecified atom stereocenters. The third-order valence-electron chi connectivity index (χ3n) is 10.1. The van der Waals surface area contributed by atoms with E-state index in [1.165, 1.54) is 70.8 Å². The largest absolute Gasteiger partial charge is 0.313 e. The van der Waals surface area contributed by atoms with E-state index in [1.807, 2.05) is 11.3 Å². The standard InChI is InChI=1S/C42H34N2S/c1-42(39-18-10-11-25-43-39)27-30(28-12-4-2-5-13-28)20-23-35(42)29-19-21-34-37(26-29)44(31-14-6-3-7-15-31)36-24-22-33-32-16-8-9-17-38(32)45-41(33)40(34)36/h2-10,12-21,23,26-27,35H,11,22,24-25H2,1H3. The molecule has 0 bridgehead atoms. The molecule has 0 radical (unpaired) electrons. The van der Waals surface area contributed by atoms with Gasteiger partial charge in [-0.2, -0.15) is 0 Å². The predicted octanol–water partition coefficient (Wildman–Crippen LogP) is 10.8. The van der Waals surface area contributed by atoms with E-state index in [9.17, 15) is 0 Å². The third kappa shape index (κ3) is 4.18. The van der Waals surface area contributed by atoms with Gasteiger partial charge < -0.3 is 4.57 Å². The van der Waals surface area contributed by atoms with Gasteiger partial charge in [-0.3, -0.25) is 4.99 Å². The summed E-state index contributed by atoms with van der Waals surface area (Å²) in [6.07, 6.45) is 14.9. The number of fused-ring (bicyclic) bond motifs is 7. The second-order valence-electron chi connectivity index (χ2n) is 12.7. The Morgan fingerprint density at radius 1 is 0.822 bits per heavy atom. The lowest BCUT2D eigenvalue weighted by Gasteiger charge is -2.38. The number of aliphatic imine (C=N–C) groups is 1. The fourth-order valence-electron chi connectivity index (χ4n) is 7.92. The molecule has 2 atom stereocenters. The number of thiophene rings is 1. The molecule has 4 aromatic carbocycles. The van der Waals surface area contributed by atoms with Crippen LogP contribution in [0.4, 0.5) is 0 Å². The molecule has 0 spiro atoms. The summed E-state index contributed by atoms with van der Waals surface area (Å²) in [4.78, 5) is 6.55. The van der Waals surface area contributed by atoms with Crippen LogP contribution < -0.4 is 0 Å². The van der Waals surface area contributed by atoms with Gasteiger partial charge in [0, 0.05) is 55.5 Å². The van der Waals surface area contributed by atoms with Gasteiger partial charge in [0.1, 0.15) is 0 Å². The maximum atomic E-state index is 5.10. The number of para-hydroxylation sites is 1. The average Bonchev–Trinajstić information content (AvgIpc) is 3.65. The molecule has 0 fully saturated rings. The topological polar surface area (TPSA) is 17.3 Å². The van der Waals surface area contributed by atoms with Gasteiger partial charge in [-0.1, -0.05) is 103 Å². The second kappa shape index (κ2) is 10.4. The minimum Gasteiger partial charge on any atom is -0.313 e. The first-order chi connectivity index (χ1) is 22.2.